The lowest BCUT2D eigenvalue weighted by molar-refractivity contribution is 0.213. The summed E-state index contributed by atoms with van der Waals surface area (Å²) in [5.41, 5.74) is 2.08. The van der Waals surface area contributed by atoms with Crippen LogP contribution in [0, 0.1) is 5.41 Å². The molecule has 0 aliphatic rings. The average Bonchev–Trinajstić information content (AvgIpc) is 2.48. The Morgan fingerprint density at radius 2 is 1.09 bits per heavy atom. The highest BCUT2D eigenvalue weighted by Crippen LogP contribution is 2.52. The number of hydrogen-bond acceptors (Lipinski definition) is 0. The maximum atomic E-state index is 6.99. The topological polar surface area (TPSA) is 0 Å². The summed E-state index contributed by atoms with van der Waals surface area (Å²) in [6, 6.07) is 20.5. The van der Waals surface area contributed by atoms with Crippen LogP contribution in [0.25, 0.3) is 0 Å². The summed E-state index contributed by atoms with van der Waals surface area (Å²) < 4.78 is 0. The van der Waals surface area contributed by atoms with Crippen molar-refractivity contribution >= 4 is 23.2 Å². The van der Waals surface area contributed by atoms with Gasteiger partial charge in [0.2, 0.25) is 0 Å². The van der Waals surface area contributed by atoms with Crippen LogP contribution in [0.5, 0.6) is 0 Å². The first-order valence-electron chi connectivity index (χ1n) is 7.66. The van der Waals surface area contributed by atoms with Gasteiger partial charge in [-0.1, -0.05) is 74.5 Å². The number of halogens is 2. The third-order valence-corrected chi connectivity index (χ3v) is 5.82. The molecule has 0 nitrogen and oxygen atoms in total. The van der Waals surface area contributed by atoms with Crippen LogP contribution in [-0.4, -0.2) is 0 Å². The molecule has 0 amide bonds. The molecule has 0 aromatic heterocycles. The van der Waals surface area contributed by atoms with Crippen LogP contribution in [0.2, 0.25) is 0 Å². The Hall–Kier alpha value is -0.980. The molecule has 2 unspecified atom stereocenters. The molecular formula is C20H24Cl2. The molecule has 2 atom stereocenters. The summed E-state index contributed by atoms with van der Waals surface area (Å²) in [4.78, 5) is -0.936. The fourth-order valence-electron chi connectivity index (χ4n) is 3.03. The summed E-state index contributed by atoms with van der Waals surface area (Å²) in [5.74, 6) is 0. The maximum absolute atomic E-state index is 6.99. The van der Waals surface area contributed by atoms with E-state index in [9.17, 15) is 0 Å². The predicted molar refractivity (Wildman–Crippen MR) is 97.7 cm³/mol. The average molecular weight is 335 g/mol. The third kappa shape index (κ3) is 3.50. The summed E-state index contributed by atoms with van der Waals surface area (Å²) in [5, 5.41) is 0. The Bertz CT molecular complexity index is 598. The molecule has 0 saturated carbocycles. The minimum Gasteiger partial charge on any atom is -0.114 e. The lowest BCUT2D eigenvalue weighted by Gasteiger charge is -2.44. The second kappa shape index (κ2) is 6.26. The van der Waals surface area contributed by atoms with E-state index >= 15 is 0 Å². The van der Waals surface area contributed by atoms with Crippen molar-refractivity contribution < 1.29 is 0 Å². The van der Waals surface area contributed by atoms with E-state index in [1.807, 2.05) is 36.4 Å². The predicted octanol–water partition coefficient (Wildman–Crippen LogP) is 6.71. The molecule has 2 aromatic carbocycles. The van der Waals surface area contributed by atoms with Crippen molar-refractivity contribution in [2.45, 2.75) is 43.9 Å². The van der Waals surface area contributed by atoms with E-state index in [4.69, 9.17) is 23.2 Å². The van der Waals surface area contributed by atoms with Crippen molar-refractivity contribution in [3.63, 3.8) is 0 Å². The zero-order valence-corrected chi connectivity index (χ0v) is 15.2. The summed E-state index contributed by atoms with van der Waals surface area (Å²) >= 11 is 13.9. The normalized spacial score (nSPS) is 17.5. The molecular weight excluding hydrogens is 311 g/mol. The van der Waals surface area contributed by atoms with Crippen molar-refractivity contribution in [3.8, 4) is 0 Å². The van der Waals surface area contributed by atoms with Gasteiger partial charge in [-0.15, -0.1) is 23.2 Å². The fourth-order valence-corrected chi connectivity index (χ4v) is 3.68. The van der Waals surface area contributed by atoms with E-state index in [1.165, 1.54) is 0 Å². The minimum atomic E-state index is -0.487. The van der Waals surface area contributed by atoms with Gasteiger partial charge in [-0.05, 0) is 36.8 Å². The molecule has 2 heteroatoms. The summed E-state index contributed by atoms with van der Waals surface area (Å²) in [6.45, 7) is 8.54. The second-order valence-corrected chi connectivity index (χ2v) is 8.58. The van der Waals surface area contributed by atoms with Gasteiger partial charge in [0.05, 0.1) is 9.75 Å². The molecule has 0 spiro atoms. The number of hydrogen-bond donors (Lipinski definition) is 0. The molecule has 0 aliphatic carbocycles. The molecule has 2 aromatic rings. The van der Waals surface area contributed by atoms with Gasteiger partial charge in [0, 0.05) is 0 Å². The van der Waals surface area contributed by atoms with Gasteiger partial charge in [-0.25, -0.2) is 0 Å². The highest BCUT2D eigenvalue weighted by molar-refractivity contribution is 6.25. The first kappa shape index (κ1) is 17.4. The van der Waals surface area contributed by atoms with Crippen LogP contribution in [0.4, 0.5) is 0 Å². The minimum absolute atomic E-state index is 0.178. The van der Waals surface area contributed by atoms with Crippen LogP contribution in [-0.2, 0) is 9.75 Å². The number of benzene rings is 2. The molecule has 0 fully saturated rings. The van der Waals surface area contributed by atoms with E-state index in [-0.39, 0.29) is 5.41 Å². The van der Waals surface area contributed by atoms with Gasteiger partial charge in [0.15, 0.2) is 0 Å². The Labute approximate surface area is 144 Å². The number of rotatable bonds is 5. The van der Waals surface area contributed by atoms with Crippen molar-refractivity contribution in [1.29, 1.82) is 0 Å². The quantitative estimate of drug-likeness (QED) is 0.533. The standard InChI is InChI=1S/C20H24Cl2/c1-18(2,20(4,22)17-13-9-6-10-14-17)15-19(3,21)16-11-7-5-8-12-16/h5-14H,15H2,1-4H3. The Morgan fingerprint density at radius 3 is 1.55 bits per heavy atom. The van der Waals surface area contributed by atoms with Gasteiger partial charge in [-0.3, -0.25) is 0 Å². The lowest BCUT2D eigenvalue weighted by Crippen LogP contribution is -2.38. The highest BCUT2D eigenvalue weighted by atomic mass is 35.5. The monoisotopic (exact) mass is 334 g/mol. The summed E-state index contributed by atoms with van der Waals surface area (Å²) in [7, 11) is 0. The number of alkyl halides is 2. The zero-order chi connectivity index (χ0) is 16.4. The molecule has 0 heterocycles. The van der Waals surface area contributed by atoms with E-state index in [0.717, 1.165) is 17.5 Å². The highest BCUT2D eigenvalue weighted by Gasteiger charge is 2.45. The molecule has 22 heavy (non-hydrogen) atoms. The molecule has 0 aliphatic heterocycles. The van der Waals surface area contributed by atoms with Gasteiger partial charge in [0.1, 0.15) is 0 Å². The van der Waals surface area contributed by atoms with E-state index < -0.39 is 9.75 Å². The molecule has 2 rings (SSSR count). The van der Waals surface area contributed by atoms with Crippen molar-refractivity contribution in [2.75, 3.05) is 0 Å². The molecule has 0 bridgehead atoms. The lowest BCUT2D eigenvalue weighted by atomic mass is 9.69. The largest absolute Gasteiger partial charge is 0.114 e. The van der Waals surface area contributed by atoms with Crippen LogP contribution in [0.15, 0.2) is 60.7 Å². The van der Waals surface area contributed by atoms with E-state index in [2.05, 4.69) is 52.0 Å². The van der Waals surface area contributed by atoms with Crippen molar-refractivity contribution in [2.24, 2.45) is 5.41 Å². The van der Waals surface area contributed by atoms with Crippen LogP contribution in [0.1, 0.15) is 45.2 Å². The summed E-state index contributed by atoms with van der Waals surface area (Å²) in [6.07, 6.45) is 0.778. The second-order valence-electron chi connectivity index (χ2n) is 6.99. The zero-order valence-electron chi connectivity index (χ0n) is 13.7. The molecule has 0 radical (unpaired) electrons. The van der Waals surface area contributed by atoms with E-state index in [1.54, 1.807) is 0 Å². The molecule has 0 saturated heterocycles. The van der Waals surface area contributed by atoms with E-state index in [0.29, 0.717) is 0 Å². The molecule has 118 valence electrons. The van der Waals surface area contributed by atoms with Crippen LogP contribution < -0.4 is 0 Å². The van der Waals surface area contributed by atoms with Crippen molar-refractivity contribution in [1.82, 2.24) is 0 Å². The van der Waals surface area contributed by atoms with Crippen molar-refractivity contribution in [3.05, 3.63) is 71.8 Å². The van der Waals surface area contributed by atoms with Gasteiger partial charge in [-0.2, -0.15) is 0 Å². The van der Waals surface area contributed by atoms with Gasteiger partial charge in [0.25, 0.3) is 0 Å². The van der Waals surface area contributed by atoms with Crippen LogP contribution >= 0.6 is 23.2 Å². The maximum Gasteiger partial charge on any atom is 0.0718 e. The first-order chi connectivity index (χ1) is 10.2. The smallest absolute Gasteiger partial charge is 0.0718 e. The Balaban J connectivity index is 2.31. The van der Waals surface area contributed by atoms with Gasteiger partial charge >= 0.3 is 0 Å². The first-order valence-corrected chi connectivity index (χ1v) is 8.41. The Kier molecular flexibility index (Phi) is 4.94. The fraction of sp³-hybridized carbons (Fsp3) is 0.400. The molecule has 0 N–H and O–H groups in total. The van der Waals surface area contributed by atoms with Gasteiger partial charge < -0.3 is 0 Å². The Morgan fingerprint density at radius 1 is 0.682 bits per heavy atom. The third-order valence-electron chi connectivity index (χ3n) is 4.74. The SMILES string of the molecule is CC(Cl)(CC(C)(C)C(C)(Cl)c1ccccc1)c1ccccc1. The van der Waals surface area contributed by atoms with Crippen LogP contribution in [0.3, 0.4) is 0 Å².